The number of amides is 1. The van der Waals surface area contributed by atoms with E-state index in [0.717, 1.165) is 11.8 Å². The fraction of sp³-hybridized carbons (Fsp3) is 0.292. The lowest BCUT2D eigenvalue weighted by Crippen LogP contribution is -2.24. The molecule has 32 heavy (non-hydrogen) atoms. The average Bonchev–Trinajstić information content (AvgIpc) is 2.80. The number of hydrogen-bond donors (Lipinski definition) is 1. The van der Waals surface area contributed by atoms with Crippen LogP contribution in [0.1, 0.15) is 32.8 Å². The Balaban J connectivity index is 1.62. The van der Waals surface area contributed by atoms with Crippen molar-refractivity contribution in [1.82, 2.24) is 10.4 Å². The fourth-order valence-electron chi connectivity index (χ4n) is 2.87. The molecule has 3 aromatic rings. The highest BCUT2D eigenvalue weighted by Crippen LogP contribution is 2.37. The number of para-hydroxylation sites is 1. The lowest BCUT2D eigenvalue weighted by Gasteiger charge is -2.18. The van der Waals surface area contributed by atoms with Gasteiger partial charge in [0.15, 0.2) is 18.1 Å². The Morgan fingerprint density at radius 2 is 2.00 bits per heavy atom. The molecule has 1 atom stereocenters. The van der Waals surface area contributed by atoms with Crippen LogP contribution in [0, 0.1) is 0 Å². The maximum absolute atomic E-state index is 12.1. The van der Waals surface area contributed by atoms with Gasteiger partial charge in [-0.1, -0.05) is 36.7 Å². The summed E-state index contributed by atoms with van der Waals surface area (Å²) in [4.78, 5) is 16.4. The third kappa shape index (κ3) is 6.11. The molecule has 3 rings (SSSR count). The van der Waals surface area contributed by atoms with Crippen LogP contribution in [-0.4, -0.2) is 36.4 Å². The molecule has 8 heteroatoms. The number of carbonyl (C=O) groups is 1. The number of fused-ring (bicyclic) bond motifs is 1. The molecule has 0 spiro atoms. The van der Waals surface area contributed by atoms with E-state index in [-0.39, 0.29) is 12.7 Å². The van der Waals surface area contributed by atoms with Crippen LogP contribution in [0.4, 0.5) is 0 Å². The Labute approximate surface area is 192 Å². The molecule has 0 aliphatic rings. The molecule has 2 aromatic carbocycles. The number of carbonyl (C=O) groups excluding carboxylic acids is 1. The number of ether oxygens (including phenoxy) is 3. The predicted octanol–water partition coefficient (Wildman–Crippen LogP) is 4.99. The minimum Gasteiger partial charge on any atom is -0.490 e. The van der Waals surface area contributed by atoms with Gasteiger partial charge in [0.1, 0.15) is 11.3 Å². The number of benzene rings is 2. The van der Waals surface area contributed by atoms with Gasteiger partial charge in [0, 0.05) is 11.6 Å². The smallest absolute Gasteiger partial charge is 0.277 e. The van der Waals surface area contributed by atoms with E-state index < -0.39 is 5.91 Å². The Bertz CT molecular complexity index is 1100. The van der Waals surface area contributed by atoms with Crippen LogP contribution in [0.5, 0.6) is 17.2 Å². The number of nitrogens with one attached hydrogen (secondary N) is 1. The van der Waals surface area contributed by atoms with Crippen LogP contribution in [-0.2, 0) is 4.79 Å². The second-order valence-electron chi connectivity index (χ2n) is 7.01. The zero-order valence-electron chi connectivity index (χ0n) is 18.3. The van der Waals surface area contributed by atoms with Crippen LogP contribution in [0.25, 0.3) is 10.9 Å². The summed E-state index contributed by atoms with van der Waals surface area (Å²) in [6.07, 6.45) is 4.01. The van der Waals surface area contributed by atoms with Gasteiger partial charge in [0.2, 0.25) is 0 Å². The minimum atomic E-state index is -0.401. The van der Waals surface area contributed by atoms with Gasteiger partial charge >= 0.3 is 0 Å². The molecule has 0 saturated heterocycles. The van der Waals surface area contributed by atoms with Crippen molar-refractivity contribution in [1.29, 1.82) is 0 Å². The van der Waals surface area contributed by atoms with Gasteiger partial charge in [0.25, 0.3) is 5.91 Å². The molecule has 7 nitrogen and oxygen atoms in total. The first-order valence-electron chi connectivity index (χ1n) is 10.4. The minimum absolute atomic E-state index is 0.00227. The first-order valence-corrected chi connectivity index (χ1v) is 10.8. The van der Waals surface area contributed by atoms with Gasteiger partial charge in [-0.05, 0) is 50.1 Å². The molecular weight excluding hydrogens is 430 g/mol. The highest BCUT2D eigenvalue weighted by Gasteiger charge is 2.14. The average molecular weight is 456 g/mol. The summed E-state index contributed by atoms with van der Waals surface area (Å²) < 4.78 is 17.2. The highest BCUT2D eigenvalue weighted by atomic mass is 35.5. The normalized spacial score (nSPS) is 12.0. The molecule has 0 unspecified atom stereocenters. The van der Waals surface area contributed by atoms with Crippen molar-refractivity contribution in [3.05, 3.63) is 59.2 Å². The number of hydrogen-bond acceptors (Lipinski definition) is 6. The van der Waals surface area contributed by atoms with E-state index in [1.807, 2.05) is 45.0 Å². The molecule has 168 valence electrons. The van der Waals surface area contributed by atoms with Crippen LogP contribution in [0.2, 0.25) is 5.02 Å². The quantitative estimate of drug-likeness (QED) is 0.344. The van der Waals surface area contributed by atoms with E-state index in [1.165, 1.54) is 6.21 Å². The number of nitrogens with zero attached hydrogens (tertiary/aromatic N) is 2. The largest absolute Gasteiger partial charge is 0.490 e. The van der Waals surface area contributed by atoms with Crippen molar-refractivity contribution in [2.24, 2.45) is 5.10 Å². The van der Waals surface area contributed by atoms with Crippen molar-refractivity contribution < 1.29 is 19.0 Å². The van der Waals surface area contributed by atoms with E-state index in [4.69, 9.17) is 25.8 Å². The Hall–Kier alpha value is -3.32. The summed E-state index contributed by atoms with van der Waals surface area (Å²) in [6, 6.07) is 12.8. The van der Waals surface area contributed by atoms with Gasteiger partial charge < -0.3 is 14.2 Å². The van der Waals surface area contributed by atoms with E-state index in [0.29, 0.717) is 40.0 Å². The molecular formula is C24H26ClN3O4. The summed E-state index contributed by atoms with van der Waals surface area (Å²) in [5, 5.41) is 5.34. The lowest BCUT2D eigenvalue weighted by atomic mass is 10.2. The van der Waals surface area contributed by atoms with Crippen LogP contribution >= 0.6 is 11.6 Å². The van der Waals surface area contributed by atoms with E-state index >= 15 is 0 Å². The van der Waals surface area contributed by atoms with E-state index in [2.05, 4.69) is 15.5 Å². The number of halogens is 1. The SMILES string of the molecule is CCOc1cc(/C=N/NC(=O)COc2cccc3cccnc23)cc(Cl)c1O[C@@H](C)CC. The van der Waals surface area contributed by atoms with E-state index in [9.17, 15) is 4.79 Å². The molecule has 0 fully saturated rings. The maximum Gasteiger partial charge on any atom is 0.277 e. The van der Waals surface area contributed by atoms with Gasteiger partial charge in [-0.2, -0.15) is 5.10 Å². The molecule has 1 amide bonds. The number of pyridine rings is 1. The van der Waals surface area contributed by atoms with Gasteiger partial charge in [-0.3, -0.25) is 9.78 Å². The first kappa shape index (κ1) is 23.3. The standard InChI is InChI=1S/C24H26ClN3O4/c1-4-16(3)32-24-19(25)12-17(13-21(24)30-5-2)14-27-28-22(29)15-31-20-10-6-8-18-9-7-11-26-23(18)20/h6-14,16H,4-5,15H2,1-3H3,(H,28,29)/b27-14+/t16-/m0/s1. The zero-order chi connectivity index (χ0) is 22.9. The first-order chi connectivity index (χ1) is 15.5. The summed E-state index contributed by atoms with van der Waals surface area (Å²) in [6.45, 7) is 6.15. The summed E-state index contributed by atoms with van der Waals surface area (Å²) in [7, 11) is 0. The van der Waals surface area contributed by atoms with Gasteiger partial charge in [-0.15, -0.1) is 0 Å². The molecule has 1 aromatic heterocycles. The molecule has 0 aliphatic carbocycles. The highest BCUT2D eigenvalue weighted by molar-refractivity contribution is 6.32. The Morgan fingerprint density at radius 3 is 2.78 bits per heavy atom. The topological polar surface area (TPSA) is 82.0 Å². The van der Waals surface area contributed by atoms with Crippen LogP contribution in [0.15, 0.2) is 53.8 Å². The molecule has 0 bridgehead atoms. The second-order valence-corrected chi connectivity index (χ2v) is 7.42. The number of aromatic nitrogens is 1. The van der Waals surface area contributed by atoms with Crippen molar-refractivity contribution in [3.8, 4) is 17.2 Å². The molecule has 0 saturated carbocycles. The van der Waals surface area contributed by atoms with Crippen LogP contribution in [0.3, 0.4) is 0 Å². The fourth-order valence-corrected chi connectivity index (χ4v) is 3.14. The number of rotatable bonds is 10. The monoisotopic (exact) mass is 455 g/mol. The summed E-state index contributed by atoms with van der Waals surface area (Å²) >= 11 is 6.40. The maximum atomic E-state index is 12.1. The van der Waals surface area contributed by atoms with Crippen molar-refractivity contribution in [2.45, 2.75) is 33.3 Å². The van der Waals surface area contributed by atoms with Crippen LogP contribution < -0.4 is 19.6 Å². The molecule has 0 radical (unpaired) electrons. The summed E-state index contributed by atoms with van der Waals surface area (Å²) in [5.41, 5.74) is 3.81. The summed E-state index contributed by atoms with van der Waals surface area (Å²) in [5.74, 6) is 1.16. The Morgan fingerprint density at radius 1 is 1.19 bits per heavy atom. The second kappa shape index (κ2) is 11.3. The third-order valence-corrected chi connectivity index (χ3v) is 4.86. The third-order valence-electron chi connectivity index (χ3n) is 4.58. The van der Waals surface area contributed by atoms with E-state index in [1.54, 1.807) is 24.4 Å². The van der Waals surface area contributed by atoms with Crippen molar-refractivity contribution in [2.75, 3.05) is 13.2 Å². The van der Waals surface area contributed by atoms with Crippen molar-refractivity contribution in [3.63, 3.8) is 0 Å². The molecule has 1 N–H and O–H groups in total. The van der Waals surface area contributed by atoms with Crippen molar-refractivity contribution >= 4 is 34.6 Å². The van der Waals surface area contributed by atoms with Gasteiger partial charge in [-0.25, -0.2) is 5.43 Å². The van der Waals surface area contributed by atoms with Gasteiger partial charge in [0.05, 0.1) is 23.9 Å². The predicted molar refractivity (Wildman–Crippen MR) is 126 cm³/mol. The zero-order valence-corrected chi connectivity index (χ0v) is 19.1. The lowest BCUT2D eigenvalue weighted by molar-refractivity contribution is -0.123. The Kier molecular flexibility index (Phi) is 8.27. The number of hydrazone groups is 1. The molecule has 0 aliphatic heterocycles. The molecule has 1 heterocycles.